The van der Waals surface area contributed by atoms with Crippen molar-refractivity contribution in [3.63, 3.8) is 0 Å². The van der Waals surface area contributed by atoms with E-state index in [2.05, 4.69) is 25.9 Å². The molecule has 0 unspecified atom stereocenters. The summed E-state index contributed by atoms with van der Waals surface area (Å²) in [5.41, 5.74) is 3.31. The molecule has 2 heterocycles. The van der Waals surface area contributed by atoms with Crippen LogP contribution in [-0.2, 0) is 4.74 Å². The fourth-order valence-electron chi connectivity index (χ4n) is 2.01. The van der Waals surface area contributed by atoms with Crippen molar-refractivity contribution >= 4 is 43.6 Å². The van der Waals surface area contributed by atoms with Gasteiger partial charge in [-0.05, 0) is 24.6 Å². The molecule has 3 aromatic rings. The van der Waals surface area contributed by atoms with Gasteiger partial charge in [0.25, 0.3) is 0 Å². The average Bonchev–Trinajstić information content (AvgIpc) is 2.91. The number of esters is 1. The van der Waals surface area contributed by atoms with E-state index in [1.165, 1.54) is 24.6 Å². The van der Waals surface area contributed by atoms with Crippen LogP contribution in [0.4, 0.5) is 0 Å². The van der Waals surface area contributed by atoms with Gasteiger partial charge in [0.05, 0.1) is 12.7 Å². The zero-order valence-corrected chi connectivity index (χ0v) is 13.8. The van der Waals surface area contributed by atoms with E-state index in [0.29, 0.717) is 11.1 Å². The van der Waals surface area contributed by atoms with Gasteiger partial charge >= 0.3 is 5.97 Å². The van der Waals surface area contributed by atoms with Crippen molar-refractivity contribution < 1.29 is 9.53 Å². The fourth-order valence-corrected chi connectivity index (χ4v) is 3.35. The second kappa shape index (κ2) is 5.54. The molecule has 1 aromatic carbocycles. The molecule has 0 radical (unpaired) electrons. The normalized spacial score (nSPS) is 10.8. The number of carbonyl (C=O) groups excluding carboxylic acids is 1. The van der Waals surface area contributed by atoms with Crippen molar-refractivity contribution in [3.05, 3.63) is 46.1 Å². The maximum atomic E-state index is 11.5. The zero-order chi connectivity index (χ0) is 15.0. The third kappa shape index (κ3) is 2.56. The van der Waals surface area contributed by atoms with E-state index in [1.807, 2.05) is 25.1 Å². The summed E-state index contributed by atoms with van der Waals surface area (Å²) in [7, 11) is 1.35. The molecule has 0 N–H and O–H groups in total. The highest BCUT2D eigenvalue weighted by atomic mass is 79.9. The number of hydrogen-bond donors (Lipinski definition) is 0. The lowest BCUT2D eigenvalue weighted by Crippen LogP contribution is -2.01. The molecule has 4 nitrogen and oxygen atoms in total. The maximum Gasteiger partial charge on any atom is 0.339 e. The Morgan fingerprint density at radius 2 is 2.19 bits per heavy atom. The molecule has 2 aromatic heterocycles. The Bertz CT molecular complexity index is 845. The number of carbonyl (C=O) groups is 1. The molecule has 0 bridgehead atoms. The first-order valence-electron chi connectivity index (χ1n) is 6.20. The minimum absolute atomic E-state index is 0.405. The van der Waals surface area contributed by atoms with Crippen molar-refractivity contribution in [2.24, 2.45) is 0 Å². The number of methoxy groups -OCH3 is 1. The minimum Gasteiger partial charge on any atom is -0.465 e. The van der Waals surface area contributed by atoms with Crippen LogP contribution in [0.3, 0.4) is 0 Å². The number of fused-ring (bicyclic) bond motifs is 1. The van der Waals surface area contributed by atoms with Crippen LogP contribution < -0.4 is 0 Å². The maximum absolute atomic E-state index is 11.5. The first-order valence-corrected chi connectivity index (χ1v) is 7.81. The lowest BCUT2D eigenvalue weighted by Gasteiger charge is -2.03. The molecule has 0 aliphatic rings. The Labute approximate surface area is 133 Å². The molecule has 0 fully saturated rings. The molecule has 0 aliphatic heterocycles. The van der Waals surface area contributed by atoms with Crippen molar-refractivity contribution in [2.75, 3.05) is 7.11 Å². The Morgan fingerprint density at radius 3 is 2.95 bits per heavy atom. The standard InChI is InChI=1S/C15H11BrN2O2S/c1-8-10(4-3-5-11(8)16)13-18-12-6-9(15(19)20-2)7-17-14(12)21-13/h3-7H,1-2H3. The second-order valence-corrected chi connectivity index (χ2v) is 6.30. The smallest absolute Gasteiger partial charge is 0.339 e. The number of nitrogens with zero attached hydrogens (tertiary/aromatic N) is 2. The largest absolute Gasteiger partial charge is 0.465 e. The summed E-state index contributed by atoms with van der Waals surface area (Å²) in [4.78, 5) is 21.2. The second-order valence-electron chi connectivity index (χ2n) is 4.47. The van der Waals surface area contributed by atoms with Crippen LogP contribution in [0.15, 0.2) is 34.9 Å². The van der Waals surface area contributed by atoms with Crippen molar-refractivity contribution in [3.8, 4) is 10.6 Å². The van der Waals surface area contributed by atoms with Gasteiger partial charge in [0, 0.05) is 16.2 Å². The van der Waals surface area contributed by atoms with Gasteiger partial charge in [-0.1, -0.05) is 39.4 Å². The molecular formula is C15H11BrN2O2S. The number of hydrogen-bond acceptors (Lipinski definition) is 5. The lowest BCUT2D eigenvalue weighted by atomic mass is 10.1. The molecule has 21 heavy (non-hydrogen) atoms. The first kappa shape index (κ1) is 14.2. The monoisotopic (exact) mass is 362 g/mol. The number of halogens is 1. The molecule has 0 aliphatic carbocycles. The van der Waals surface area contributed by atoms with Crippen LogP contribution in [0.1, 0.15) is 15.9 Å². The van der Waals surface area contributed by atoms with Crippen molar-refractivity contribution in [1.29, 1.82) is 0 Å². The summed E-state index contributed by atoms with van der Waals surface area (Å²) in [5, 5.41) is 0.887. The summed E-state index contributed by atoms with van der Waals surface area (Å²) >= 11 is 5.03. The molecule has 0 saturated carbocycles. The fraction of sp³-hybridized carbons (Fsp3) is 0.133. The van der Waals surface area contributed by atoms with Gasteiger partial charge < -0.3 is 4.74 Å². The van der Waals surface area contributed by atoms with Gasteiger partial charge in [-0.15, -0.1) is 0 Å². The number of aromatic nitrogens is 2. The summed E-state index contributed by atoms with van der Waals surface area (Å²) in [6, 6.07) is 7.71. The quantitative estimate of drug-likeness (QED) is 0.640. The topological polar surface area (TPSA) is 52.1 Å². The molecule has 106 valence electrons. The Kier molecular flexibility index (Phi) is 3.73. The predicted octanol–water partition coefficient (Wildman–Crippen LogP) is 4.22. The number of rotatable bonds is 2. The van der Waals surface area contributed by atoms with E-state index < -0.39 is 5.97 Å². The van der Waals surface area contributed by atoms with Gasteiger partial charge in [0.15, 0.2) is 0 Å². The van der Waals surface area contributed by atoms with E-state index in [-0.39, 0.29) is 0 Å². The van der Waals surface area contributed by atoms with Crippen LogP contribution in [0.5, 0.6) is 0 Å². The van der Waals surface area contributed by atoms with Gasteiger partial charge in [-0.3, -0.25) is 0 Å². The third-order valence-electron chi connectivity index (χ3n) is 3.17. The number of benzene rings is 1. The summed E-state index contributed by atoms with van der Waals surface area (Å²) in [6.07, 6.45) is 1.52. The van der Waals surface area contributed by atoms with Crippen LogP contribution in [0.2, 0.25) is 0 Å². The van der Waals surface area contributed by atoms with Crippen LogP contribution in [0.25, 0.3) is 20.9 Å². The van der Waals surface area contributed by atoms with Crippen molar-refractivity contribution in [1.82, 2.24) is 9.97 Å². The Morgan fingerprint density at radius 1 is 1.38 bits per heavy atom. The van der Waals surface area contributed by atoms with E-state index >= 15 is 0 Å². The van der Waals surface area contributed by atoms with Crippen LogP contribution in [-0.4, -0.2) is 23.0 Å². The lowest BCUT2D eigenvalue weighted by molar-refractivity contribution is 0.0600. The van der Waals surface area contributed by atoms with E-state index in [4.69, 9.17) is 4.74 Å². The molecule has 0 spiro atoms. The molecule has 0 atom stereocenters. The predicted molar refractivity (Wildman–Crippen MR) is 86.6 cm³/mol. The van der Waals surface area contributed by atoms with Gasteiger partial charge in [0.2, 0.25) is 0 Å². The van der Waals surface area contributed by atoms with Gasteiger partial charge in [0.1, 0.15) is 15.4 Å². The van der Waals surface area contributed by atoms with E-state index in [9.17, 15) is 4.79 Å². The number of pyridine rings is 1. The Balaban J connectivity index is 2.13. The van der Waals surface area contributed by atoms with E-state index in [1.54, 1.807) is 6.07 Å². The number of thiazole rings is 1. The number of ether oxygens (including phenoxy) is 1. The molecule has 0 amide bonds. The van der Waals surface area contributed by atoms with Crippen molar-refractivity contribution in [2.45, 2.75) is 6.92 Å². The SMILES string of the molecule is COC(=O)c1cnc2sc(-c3cccc(Br)c3C)nc2c1. The molecular weight excluding hydrogens is 352 g/mol. The first-order chi connectivity index (χ1) is 10.1. The molecule has 3 rings (SSSR count). The Hall–Kier alpha value is -1.79. The summed E-state index contributed by atoms with van der Waals surface area (Å²) in [5.74, 6) is -0.405. The van der Waals surface area contributed by atoms with Gasteiger partial charge in [-0.25, -0.2) is 14.8 Å². The average molecular weight is 363 g/mol. The minimum atomic E-state index is -0.405. The van der Waals surface area contributed by atoms with Crippen LogP contribution in [0, 0.1) is 6.92 Å². The highest BCUT2D eigenvalue weighted by Crippen LogP contribution is 2.33. The van der Waals surface area contributed by atoms with E-state index in [0.717, 1.165) is 25.4 Å². The third-order valence-corrected chi connectivity index (χ3v) is 5.04. The molecule has 0 saturated heterocycles. The highest BCUT2D eigenvalue weighted by molar-refractivity contribution is 9.10. The summed E-state index contributed by atoms with van der Waals surface area (Å²) in [6.45, 7) is 2.04. The highest BCUT2D eigenvalue weighted by Gasteiger charge is 2.13. The summed E-state index contributed by atoms with van der Waals surface area (Å²) < 4.78 is 5.75. The zero-order valence-electron chi connectivity index (χ0n) is 11.4. The van der Waals surface area contributed by atoms with Gasteiger partial charge in [-0.2, -0.15) is 0 Å². The molecule has 6 heteroatoms. The van der Waals surface area contributed by atoms with Crippen LogP contribution >= 0.6 is 27.3 Å².